The molecular weight excluding hydrogens is 478 g/mol. The van der Waals surface area contributed by atoms with E-state index in [0.29, 0.717) is 32.5 Å². The van der Waals surface area contributed by atoms with E-state index in [2.05, 4.69) is 75.4 Å². The summed E-state index contributed by atoms with van der Waals surface area (Å²) in [5.41, 5.74) is -0.657. The summed E-state index contributed by atoms with van der Waals surface area (Å²) in [4.78, 5) is 12.6. The van der Waals surface area contributed by atoms with Crippen LogP contribution in [0.1, 0.15) is 59.3 Å². The molecule has 2 aromatic rings. The van der Waals surface area contributed by atoms with E-state index >= 15 is 0 Å². The minimum atomic E-state index is -2.75. The average Bonchev–Trinajstić information content (AvgIpc) is 3.36. The zero-order chi connectivity index (χ0) is 26.1. The van der Waals surface area contributed by atoms with E-state index in [0.717, 1.165) is 19.3 Å². The number of nitrogens with zero attached hydrogens (tertiary/aromatic N) is 1. The highest BCUT2D eigenvalue weighted by Gasteiger charge is 2.61. The number of benzene rings is 2. The Bertz CT molecular complexity index is 1080. The lowest BCUT2D eigenvalue weighted by atomic mass is 9.80. The molecule has 3 fully saturated rings. The Labute approximate surface area is 222 Å². The molecule has 0 N–H and O–H groups in total. The van der Waals surface area contributed by atoms with E-state index in [1.54, 1.807) is 0 Å². The maximum atomic E-state index is 12.6. The van der Waals surface area contributed by atoms with E-state index in [9.17, 15) is 10.1 Å². The van der Waals surface area contributed by atoms with Gasteiger partial charge >= 0.3 is 0 Å². The molecule has 196 valence electrons. The van der Waals surface area contributed by atoms with Crippen LogP contribution in [0, 0.1) is 28.6 Å². The molecule has 0 amide bonds. The van der Waals surface area contributed by atoms with Gasteiger partial charge in [-0.2, -0.15) is 5.26 Å². The SMILES string of the molecule is CC(C)(C)[Si](OC[C@@H]1[C@H]2CC(=O)C[C@@]2(C#N)C[C@H]1OC1CCCCO1)(c1ccccc1)c1ccccc1. The van der Waals surface area contributed by atoms with E-state index in [4.69, 9.17) is 13.9 Å². The first-order chi connectivity index (χ1) is 17.8. The number of hydrogen-bond donors (Lipinski definition) is 0. The van der Waals surface area contributed by atoms with Crippen molar-refractivity contribution < 1.29 is 18.7 Å². The molecule has 0 radical (unpaired) electrons. The van der Waals surface area contributed by atoms with Crippen LogP contribution in [0.3, 0.4) is 0 Å². The fourth-order valence-corrected chi connectivity index (χ4v) is 11.7. The molecule has 2 aromatic carbocycles. The Kier molecular flexibility index (Phi) is 7.44. The topological polar surface area (TPSA) is 68.6 Å². The van der Waals surface area contributed by atoms with Gasteiger partial charge in [0.05, 0.1) is 17.6 Å². The third-order valence-electron chi connectivity index (χ3n) is 8.83. The number of Topliss-reactive ketones (excluding diaryl/α,β-unsaturated/α-hetero) is 1. The summed E-state index contributed by atoms with van der Waals surface area (Å²) in [5.74, 6) is 0.115. The van der Waals surface area contributed by atoms with Crippen molar-refractivity contribution in [2.75, 3.05) is 13.2 Å². The third kappa shape index (κ3) is 4.83. The van der Waals surface area contributed by atoms with Crippen molar-refractivity contribution in [2.24, 2.45) is 17.3 Å². The molecular formula is C31H39NO4Si. The van der Waals surface area contributed by atoms with Crippen LogP contribution in [0.15, 0.2) is 60.7 Å². The number of fused-ring (bicyclic) bond motifs is 1. The molecule has 2 aliphatic carbocycles. The molecule has 3 aliphatic rings. The second-order valence-corrected chi connectivity index (χ2v) is 16.4. The minimum Gasteiger partial charge on any atom is -0.407 e. The first-order valence-electron chi connectivity index (χ1n) is 13.7. The van der Waals surface area contributed by atoms with Crippen LogP contribution >= 0.6 is 0 Å². The molecule has 1 aliphatic heterocycles. The van der Waals surface area contributed by atoms with Crippen LogP contribution < -0.4 is 10.4 Å². The number of carbonyl (C=O) groups is 1. The zero-order valence-corrected chi connectivity index (χ0v) is 23.3. The largest absolute Gasteiger partial charge is 0.407 e. The van der Waals surface area contributed by atoms with Crippen LogP contribution in [-0.2, 0) is 18.7 Å². The fourth-order valence-electron chi connectivity index (χ4n) is 7.09. The van der Waals surface area contributed by atoms with Crippen molar-refractivity contribution in [3.05, 3.63) is 60.7 Å². The van der Waals surface area contributed by atoms with Crippen molar-refractivity contribution in [2.45, 2.75) is 76.7 Å². The van der Waals surface area contributed by atoms with Crippen molar-refractivity contribution >= 4 is 24.5 Å². The quantitative estimate of drug-likeness (QED) is 0.485. The number of rotatable bonds is 7. The highest BCUT2D eigenvalue weighted by molar-refractivity contribution is 6.99. The van der Waals surface area contributed by atoms with Gasteiger partial charge in [-0.05, 0) is 47.0 Å². The second kappa shape index (κ2) is 10.5. The van der Waals surface area contributed by atoms with Gasteiger partial charge in [0, 0.05) is 32.0 Å². The van der Waals surface area contributed by atoms with Gasteiger partial charge < -0.3 is 13.9 Å². The number of ether oxygens (including phenoxy) is 2. The Morgan fingerprint density at radius 1 is 1.05 bits per heavy atom. The maximum Gasteiger partial charge on any atom is 0.261 e. The van der Waals surface area contributed by atoms with Crippen LogP contribution in [-0.4, -0.2) is 39.7 Å². The maximum absolute atomic E-state index is 12.6. The summed E-state index contributed by atoms with van der Waals surface area (Å²) in [5, 5.41) is 12.6. The molecule has 1 unspecified atom stereocenters. The highest BCUT2D eigenvalue weighted by Crippen LogP contribution is 2.57. The summed E-state index contributed by atoms with van der Waals surface area (Å²) in [6, 6.07) is 23.8. The first-order valence-corrected chi connectivity index (χ1v) is 15.6. The fraction of sp³-hybridized carbons (Fsp3) is 0.548. The zero-order valence-electron chi connectivity index (χ0n) is 22.3. The number of ketones is 1. The smallest absolute Gasteiger partial charge is 0.261 e. The van der Waals surface area contributed by atoms with E-state index < -0.39 is 13.7 Å². The van der Waals surface area contributed by atoms with E-state index in [-0.39, 0.29) is 35.1 Å². The molecule has 1 saturated heterocycles. The van der Waals surface area contributed by atoms with Gasteiger partial charge in [-0.15, -0.1) is 0 Å². The predicted molar refractivity (Wildman–Crippen MR) is 146 cm³/mol. The first kappa shape index (κ1) is 26.3. The highest BCUT2D eigenvalue weighted by atomic mass is 28.4. The van der Waals surface area contributed by atoms with Crippen molar-refractivity contribution in [1.29, 1.82) is 5.26 Å². The second-order valence-electron chi connectivity index (χ2n) is 12.1. The number of hydrogen-bond acceptors (Lipinski definition) is 5. The normalized spacial score (nSPS) is 30.2. The standard InChI is InChI=1S/C31H39NO4Si/c1-30(2,3)37(24-12-6-4-7-13-24,25-14-8-5-9-15-25)35-21-26-27-18-23(33)19-31(27,22-32)20-28(26)36-29-16-10-11-17-34-29/h4-9,12-15,26-29H,10-11,16-21H2,1-3H3/t26-,27-,28-,29?,31+/m1/s1. The molecule has 5 rings (SSSR count). The molecule has 0 bridgehead atoms. The third-order valence-corrected chi connectivity index (χ3v) is 13.8. The molecule has 37 heavy (non-hydrogen) atoms. The summed E-state index contributed by atoms with van der Waals surface area (Å²) in [6.45, 7) is 8.00. The van der Waals surface area contributed by atoms with Gasteiger partial charge in [-0.3, -0.25) is 4.79 Å². The Morgan fingerprint density at radius 2 is 1.70 bits per heavy atom. The van der Waals surface area contributed by atoms with Crippen molar-refractivity contribution in [3.63, 3.8) is 0 Å². The van der Waals surface area contributed by atoms with Crippen LogP contribution in [0.2, 0.25) is 5.04 Å². The number of nitriles is 1. The Hall–Kier alpha value is -2.30. The van der Waals surface area contributed by atoms with Crippen LogP contribution in [0.5, 0.6) is 0 Å². The summed E-state index contributed by atoms with van der Waals surface area (Å²) in [6.07, 6.45) is 3.98. The van der Waals surface area contributed by atoms with Gasteiger partial charge in [0.15, 0.2) is 6.29 Å². The van der Waals surface area contributed by atoms with Gasteiger partial charge in [0.1, 0.15) is 5.78 Å². The lowest BCUT2D eigenvalue weighted by Gasteiger charge is -2.44. The predicted octanol–water partition coefficient (Wildman–Crippen LogP) is 4.98. The lowest BCUT2D eigenvalue weighted by molar-refractivity contribution is -0.198. The molecule has 0 aromatic heterocycles. The molecule has 1 heterocycles. The van der Waals surface area contributed by atoms with Gasteiger partial charge in [0.2, 0.25) is 0 Å². The lowest BCUT2D eigenvalue weighted by Crippen LogP contribution is -2.67. The van der Waals surface area contributed by atoms with Gasteiger partial charge in [-0.25, -0.2) is 0 Å². The van der Waals surface area contributed by atoms with Crippen LogP contribution in [0.4, 0.5) is 0 Å². The molecule has 0 spiro atoms. The van der Waals surface area contributed by atoms with Crippen molar-refractivity contribution in [3.8, 4) is 6.07 Å². The van der Waals surface area contributed by atoms with E-state index in [1.807, 2.05) is 12.1 Å². The van der Waals surface area contributed by atoms with Crippen molar-refractivity contribution in [1.82, 2.24) is 0 Å². The molecule has 6 heteroatoms. The summed E-state index contributed by atoms with van der Waals surface area (Å²) < 4.78 is 19.8. The Morgan fingerprint density at radius 3 is 2.24 bits per heavy atom. The average molecular weight is 518 g/mol. The van der Waals surface area contributed by atoms with Gasteiger partial charge in [-0.1, -0.05) is 81.4 Å². The van der Waals surface area contributed by atoms with Crippen LogP contribution in [0.25, 0.3) is 0 Å². The summed E-state index contributed by atoms with van der Waals surface area (Å²) in [7, 11) is -2.75. The molecule has 5 nitrogen and oxygen atoms in total. The summed E-state index contributed by atoms with van der Waals surface area (Å²) >= 11 is 0. The Balaban J connectivity index is 1.51. The monoisotopic (exact) mass is 517 g/mol. The minimum absolute atomic E-state index is 0.0294. The van der Waals surface area contributed by atoms with Gasteiger partial charge in [0.25, 0.3) is 8.32 Å². The number of carbonyl (C=O) groups excluding carboxylic acids is 1. The van der Waals surface area contributed by atoms with E-state index in [1.165, 1.54) is 10.4 Å². The molecule has 2 saturated carbocycles. The molecule has 5 atom stereocenters.